The summed E-state index contributed by atoms with van der Waals surface area (Å²) in [5.74, 6) is 0.955. The third kappa shape index (κ3) is 2.83. The summed E-state index contributed by atoms with van der Waals surface area (Å²) in [6.45, 7) is 6.17. The van der Waals surface area contributed by atoms with Gasteiger partial charge in [-0.2, -0.15) is 0 Å². The van der Waals surface area contributed by atoms with E-state index < -0.39 is 0 Å². The van der Waals surface area contributed by atoms with E-state index in [0.29, 0.717) is 0 Å². The molecule has 0 radical (unpaired) electrons. The molecule has 0 bridgehead atoms. The summed E-state index contributed by atoms with van der Waals surface area (Å²) >= 11 is 11.8. The van der Waals surface area contributed by atoms with Crippen molar-refractivity contribution < 1.29 is 4.74 Å². The Kier molecular flexibility index (Phi) is 4.59. The topological polar surface area (TPSA) is 9.23 Å². The molecule has 0 amide bonds. The molecule has 2 rings (SSSR count). The zero-order chi connectivity index (χ0) is 14.2. The molecule has 2 aromatic rings. The molecule has 1 heterocycles. The summed E-state index contributed by atoms with van der Waals surface area (Å²) < 4.78 is 5.41. The lowest BCUT2D eigenvalue weighted by molar-refractivity contribution is 0.408. The van der Waals surface area contributed by atoms with Crippen LogP contribution in [0.25, 0.3) is 0 Å². The van der Waals surface area contributed by atoms with E-state index in [4.69, 9.17) is 16.3 Å². The predicted octanol–water partition coefficient (Wildman–Crippen LogP) is 5.82. The average Bonchev–Trinajstić information content (AvgIpc) is 2.69. The quantitative estimate of drug-likeness (QED) is 0.627. The van der Waals surface area contributed by atoms with Crippen LogP contribution in [0.15, 0.2) is 17.5 Å². The molecule has 19 heavy (non-hydrogen) atoms. The fourth-order valence-corrected chi connectivity index (χ4v) is 4.48. The Bertz CT molecular complexity index is 583. The zero-order valence-electron chi connectivity index (χ0n) is 11.4. The molecule has 4 heteroatoms. The van der Waals surface area contributed by atoms with Gasteiger partial charge in [0, 0.05) is 4.88 Å². The molecule has 1 aromatic carbocycles. The summed E-state index contributed by atoms with van der Waals surface area (Å²) in [4.78, 5) is 1.28. The van der Waals surface area contributed by atoms with Gasteiger partial charge < -0.3 is 4.74 Å². The third-order valence-corrected chi connectivity index (χ3v) is 6.20. The van der Waals surface area contributed by atoms with Crippen molar-refractivity contribution in [3.63, 3.8) is 0 Å². The van der Waals surface area contributed by atoms with E-state index in [1.807, 2.05) is 6.92 Å². The number of methoxy groups -OCH3 is 1. The van der Waals surface area contributed by atoms with Gasteiger partial charge >= 0.3 is 0 Å². The smallest absolute Gasteiger partial charge is 0.124 e. The van der Waals surface area contributed by atoms with Gasteiger partial charge in [-0.1, -0.05) is 39.7 Å². The van der Waals surface area contributed by atoms with E-state index in [9.17, 15) is 0 Å². The van der Waals surface area contributed by atoms with Crippen molar-refractivity contribution in [3.8, 4) is 5.75 Å². The highest BCUT2D eigenvalue weighted by atomic mass is 79.9. The van der Waals surface area contributed by atoms with E-state index >= 15 is 0 Å². The molecule has 0 aliphatic carbocycles. The number of hydrogen-bond donors (Lipinski definition) is 0. The summed E-state index contributed by atoms with van der Waals surface area (Å²) in [6, 6.07) is 4.30. The molecule has 0 spiro atoms. The molecular weight excluding hydrogens is 344 g/mol. The third-order valence-electron chi connectivity index (χ3n) is 3.13. The minimum Gasteiger partial charge on any atom is -0.496 e. The van der Waals surface area contributed by atoms with Gasteiger partial charge in [-0.15, -0.1) is 11.3 Å². The van der Waals surface area contributed by atoms with Gasteiger partial charge in [-0.05, 0) is 48.4 Å². The number of hydrogen-bond acceptors (Lipinski definition) is 2. The minimum absolute atomic E-state index is 0.127. The first-order valence-electron chi connectivity index (χ1n) is 5.98. The van der Waals surface area contributed by atoms with Gasteiger partial charge in [0.05, 0.1) is 17.0 Å². The highest BCUT2D eigenvalue weighted by Gasteiger charge is 2.19. The molecule has 0 aliphatic rings. The molecule has 1 unspecified atom stereocenters. The highest BCUT2D eigenvalue weighted by molar-refractivity contribution is 9.09. The molecule has 0 saturated heterocycles. The van der Waals surface area contributed by atoms with E-state index in [1.54, 1.807) is 18.4 Å². The lowest BCUT2D eigenvalue weighted by Gasteiger charge is -2.15. The summed E-state index contributed by atoms with van der Waals surface area (Å²) in [7, 11) is 1.71. The summed E-state index contributed by atoms with van der Waals surface area (Å²) in [5.41, 5.74) is 4.63. The number of ether oxygens (including phenoxy) is 1. The molecule has 1 aromatic heterocycles. The summed E-state index contributed by atoms with van der Waals surface area (Å²) in [6.07, 6.45) is 0. The normalized spacial score (nSPS) is 12.5. The van der Waals surface area contributed by atoms with Gasteiger partial charge in [-0.25, -0.2) is 0 Å². The van der Waals surface area contributed by atoms with Crippen LogP contribution in [0.3, 0.4) is 0 Å². The maximum absolute atomic E-state index is 6.35. The van der Waals surface area contributed by atoms with Crippen LogP contribution in [-0.4, -0.2) is 7.11 Å². The maximum Gasteiger partial charge on any atom is 0.124 e. The van der Waals surface area contributed by atoms with Gasteiger partial charge in [-0.3, -0.25) is 0 Å². The Labute approximate surface area is 131 Å². The van der Waals surface area contributed by atoms with Crippen molar-refractivity contribution >= 4 is 38.9 Å². The second-order valence-electron chi connectivity index (χ2n) is 4.65. The van der Waals surface area contributed by atoms with Crippen LogP contribution in [0.2, 0.25) is 5.02 Å². The second-order valence-corrected chi connectivity index (χ2v) is 6.85. The Morgan fingerprint density at radius 2 is 1.74 bits per heavy atom. The molecule has 0 aliphatic heterocycles. The first-order valence-corrected chi connectivity index (χ1v) is 8.15. The predicted molar refractivity (Wildman–Crippen MR) is 87.3 cm³/mol. The van der Waals surface area contributed by atoms with Gasteiger partial charge in [0.1, 0.15) is 5.75 Å². The van der Waals surface area contributed by atoms with Crippen molar-refractivity contribution in [2.45, 2.75) is 25.6 Å². The van der Waals surface area contributed by atoms with Crippen LogP contribution in [0.1, 0.15) is 32.0 Å². The Hall–Kier alpha value is -0.510. The minimum atomic E-state index is 0.127. The molecule has 1 nitrogen and oxygen atoms in total. The number of rotatable bonds is 3. The van der Waals surface area contributed by atoms with Crippen LogP contribution >= 0.6 is 38.9 Å². The SMILES string of the molecule is COc1c(C)cc(C(Br)c2scc(C)c2Cl)cc1C. The molecule has 0 saturated carbocycles. The van der Waals surface area contributed by atoms with Crippen molar-refractivity contribution in [3.05, 3.63) is 49.7 Å². The Morgan fingerprint density at radius 1 is 1.16 bits per heavy atom. The molecule has 0 fully saturated rings. The van der Waals surface area contributed by atoms with Crippen molar-refractivity contribution in [2.75, 3.05) is 7.11 Å². The van der Waals surface area contributed by atoms with Crippen LogP contribution < -0.4 is 4.74 Å². The molecule has 1 atom stereocenters. The van der Waals surface area contributed by atoms with E-state index in [0.717, 1.165) is 32.3 Å². The lowest BCUT2D eigenvalue weighted by atomic mass is 10.0. The van der Waals surface area contributed by atoms with Crippen molar-refractivity contribution in [1.29, 1.82) is 0 Å². The molecular formula is C15H16BrClOS. The second kappa shape index (κ2) is 5.86. The van der Waals surface area contributed by atoms with Gasteiger partial charge in [0.2, 0.25) is 0 Å². The van der Waals surface area contributed by atoms with Gasteiger partial charge in [0.15, 0.2) is 0 Å². The molecule has 0 N–H and O–H groups in total. The Morgan fingerprint density at radius 3 is 2.16 bits per heavy atom. The number of thiophene rings is 1. The largest absolute Gasteiger partial charge is 0.496 e. The Balaban J connectivity index is 2.45. The summed E-state index contributed by atoms with van der Waals surface area (Å²) in [5, 5.41) is 2.95. The van der Waals surface area contributed by atoms with Crippen LogP contribution in [0, 0.1) is 20.8 Å². The fourth-order valence-electron chi connectivity index (χ4n) is 2.22. The highest BCUT2D eigenvalue weighted by Crippen LogP contribution is 2.42. The standard InChI is InChI=1S/C15H16BrClOS/c1-8-5-11(6-9(2)14(8)18-4)12(16)15-13(17)10(3)7-19-15/h5-7,12H,1-4H3. The number of halogens is 2. The fraction of sp³-hybridized carbons (Fsp3) is 0.333. The number of alkyl halides is 1. The maximum atomic E-state index is 6.35. The van der Waals surface area contributed by atoms with Crippen LogP contribution in [-0.2, 0) is 0 Å². The van der Waals surface area contributed by atoms with E-state index in [2.05, 4.69) is 47.3 Å². The van der Waals surface area contributed by atoms with Crippen LogP contribution in [0.4, 0.5) is 0 Å². The van der Waals surface area contributed by atoms with Crippen LogP contribution in [0.5, 0.6) is 5.75 Å². The average molecular weight is 360 g/mol. The number of aryl methyl sites for hydroxylation is 3. The lowest BCUT2D eigenvalue weighted by Crippen LogP contribution is -1.97. The van der Waals surface area contributed by atoms with Gasteiger partial charge in [0.25, 0.3) is 0 Å². The number of benzene rings is 1. The first-order chi connectivity index (χ1) is 8.95. The monoisotopic (exact) mass is 358 g/mol. The van der Waals surface area contributed by atoms with E-state index in [-0.39, 0.29) is 4.83 Å². The first kappa shape index (κ1) is 14.9. The zero-order valence-corrected chi connectivity index (χ0v) is 14.5. The van der Waals surface area contributed by atoms with Crippen molar-refractivity contribution in [2.24, 2.45) is 0 Å². The van der Waals surface area contributed by atoms with Crippen molar-refractivity contribution in [1.82, 2.24) is 0 Å². The van der Waals surface area contributed by atoms with E-state index in [1.165, 1.54) is 5.56 Å². The molecule has 102 valence electrons.